The van der Waals surface area contributed by atoms with Gasteiger partial charge in [-0.15, -0.1) is 0 Å². The Kier molecular flexibility index (Phi) is 6.29. The van der Waals surface area contributed by atoms with Crippen molar-refractivity contribution in [2.75, 3.05) is 37.6 Å². The number of ketones is 1. The maximum atomic E-state index is 14.6. The number of benzene rings is 2. The number of carbonyl (C=O) groups excluding carboxylic acids is 1. The second-order valence-electron chi connectivity index (χ2n) is 8.12. The molecule has 1 saturated heterocycles. The van der Waals surface area contributed by atoms with Crippen molar-refractivity contribution in [3.63, 3.8) is 0 Å². The van der Waals surface area contributed by atoms with E-state index >= 15 is 0 Å². The fourth-order valence-electron chi connectivity index (χ4n) is 4.11. The summed E-state index contributed by atoms with van der Waals surface area (Å²) in [5.74, 6) is -1.46. The van der Waals surface area contributed by atoms with Gasteiger partial charge in [-0.3, -0.25) is 9.69 Å². The highest BCUT2D eigenvalue weighted by Gasteiger charge is 2.36. The van der Waals surface area contributed by atoms with E-state index in [0.717, 1.165) is 17.8 Å². The summed E-state index contributed by atoms with van der Waals surface area (Å²) >= 11 is 0. The summed E-state index contributed by atoms with van der Waals surface area (Å²) in [6.07, 6.45) is 2.80. The number of halogens is 2. The van der Waals surface area contributed by atoms with Crippen LogP contribution in [0.2, 0.25) is 0 Å². The molecule has 9 heteroatoms. The molecule has 1 aliphatic rings. The van der Waals surface area contributed by atoms with Gasteiger partial charge in [0.15, 0.2) is 5.78 Å². The molecule has 0 saturated carbocycles. The molecular formula is C23H25F2N5O2. The van der Waals surface area contributed by atoms with E-state index in [0.29, 0.717) is 31.7 Å². The molecule has 0 amide bonds. The lowest BCUT2D eigenvalue weighted by atomic mass is 9.92. The van der Waals surface area contributed by atoms with E-state index < -0.39 is 17.2 Å². The number of anilines is 1. The number of β-amino-alcohol motifs (C(OH)–C–C–N with tert-alkyl or cyclic N) is 1. The van der Waals surface area contributed by atoms with E-state index in [9.17, 15) is 18.7 Å². The maximum absolute atomic E-state index is 14.6. The van der Waals surface area contributed by atoms with Gasteiger partial charge in [-0.1, -0.05) is 6.07 Å². The average molecular weight is 441 g/mol. The van der Waals surface area contributed by atoms with Gasteiger partial charge in [0.2, 0.25) is 0 Å². The largest absolute Gasteiger partial charge is 0.382 e. The van der Waals surface area contributed by atoms with E-state index in [2.05, 4.69) is 19.9 Å². The lowest BCUT2D eigenvalue weighted by Gasteiger charge is -2.40. The van der Waals surface area contributed by atoms with Gasteiger partial charge in [-0.25, -0.2) is 18.4 Å². The van der Waals surface area contributed by atoms with E-state index in [1.165, 1.54) is 30.3 Å². The predicted molar refractivity (Wildman–Crippen MR) is 115 cm³/mol. The molecule has 0 bridgehead atoms. The van der Waals surface area contributed by atoms with Gasteiger partial charge in [0, 0.05) is 55.6 Å². The molecule has 4 rings (SSSR count). The van der Waals surface area contributed by atoms with Crippen LogP contribution < -0.4 is 4.90 Å². The third-order valence-corrected chi connectivity index (χ3v) is 5.82. The highest BCUT2D eigenvalue weighted by molar-refractivity contribution is 5.94. The molecule has 0 aliphatic carbocycles. The molecule has 0 radical (unpaired) electrons. The second kappa shape index (κ2) is 9.13. The van der Waals surface area contributed by atoms with Gasteiger partial charge in [0.25, 0.3) is 0 Å². The van der Waals surface area contributed by atoms with Crippen molar-refractivity contribution >= 4 is 11.5 Å². The number of hydrogen-bond donors (Lipinski definition) is 1. The third kappa shape index (κ3) is 4.84. The molecule has 32 heavy (non-hydrogen) atoms. The summed E-state index contributed by atoms with van der Waals surface area (Å²) < 4.78 is 29.5. The molecule has 0 spiro atoms. The van der Waals surface area contributed by atoms with Crippen LogP contribution in [0.1, 0.15) is 22.8 Å². The molecule has 1 N–H and O–H groups in total. The first kappa shape index (κ1) is 22.0. The van der Waals surface area contributed by atoms with E-state index in [1.807, 2.05) is 24.3 Å². The summed E-state index contributed by atoms with van der Waals surface area (Å²) in [6, 6.07) is 10.7. The number of Topliss-reactive ketones (excluding diaryl/α,β-unsaturated/α-hetero) is 1. The number of hydrogen-bond acceptors (Lipinski definition) is 6. The van der Waals surface area contributed by atoms with Crippen molar-refractivity contribution in [3.05, 3.63) is 77.9 Å². The third-order valence-electron chi connectivity index (χ3n) is 5.82. The van der Waals surface area contributed by atoms with E-state index in [-0.39, 0.29) is 24.4 Å². The minimum absolute atomic E-state index is 0.0116. The summed E-state index contributed by atoms with van der Waals surface area (Å²) in [5, 5.41) is 15.5. The zero-order valence-corrected chi connectivity index (χ0v) is 17.8. The highest BCUT2D eigenvalue weighted by atomic mass is 19.1. The summed E-state index contributed by atoms with van der Waals surface area (Å²) in [6.45, 7) is 4.41. The first-order chi connectivity index (χ1) is 15.3. The Morgan fingerprint density at radius 1 is 1.06 bits per heavy atom. The molecule has 168 valence electrons. The quantitative estimate of drug-likeness (QED) is 0.568. The van der Waals surface area contributed by atoms with Crippen LogP contribution in [0, 0.1) is 11.6 Å². The van der Waals surface area contributed by atoms with Crippen LogP contribution in [-0.2, 0) is 12.1 Å². The van der Waals surface area contributed by atoms with Crippen molar-refractivity contribution in [1.82, 2.24) is 19.7 Å². The Balaban J connectivity index is 1.48. The van der Waals surface area contributed by atoms with Crippen molar-refractivity contribution < 1.29 is 18.7 Å². The lowest BCUT2D eigenvalue weighted by Crippen LogP contribution is -2.52. The molecule has 2 aromatic carbocycles. The predicted octanol–water partition coefficient (Wildman–Crippen LogP) is 2.47. The number of carbonyl (C=O) groups is 1. The molecular weight excluding hydrogens is 416 g/mol. The molecule has 1 aromatic heterocycles. The Morgan fingerprint density at radius 2 is 1.78 bits per heavy atom. The SMILES string of the molecule is CC(=O)c1ccc(N2CCN(CC(O)(Cn3cncn3)c3ccc(F)cc3F)CC2)cc1. The van der Waals surface area contributed by atoms with Crippen molar-refractivity contribution in [1.29, 1.82) is 0 Å². The molecule has 3 aromatic rings. The fraction of sp³-hybridized carbons (Fsp3) is 0.348. The monoisotopic (exact) mass is 441 g/mol. The highest BCUT2D eigenvalue weighted by Crippen LogP contribution is 2.28. The van der Waals surface area contributed by atoms with Gasteiger partial charge in [0.1, 0.15) is 29.9 Å². The van der Waals surface area contributed by atoms with E-state index in [4.69, 9.17) is 0 Å². The number of nitrogens with zero attached hydrogens (tertiary/aromatic N) is 5. The number of aromatic nitrogens is 3. The number of rotatable bonds is 7. The number of piperazine rings is 1. The van der Waals surface area contributed by atoms with Crippen molar-refractivity contribution in [2.24, 2.45) is 0 Å². The molecule has 1 unspecified atom stereocenters. The van der Waals surface area contributed by atoms with Gasteiger partial charge in [0.05, 0.1) is 6.54 Å². The fourth-order valence-corrected chi connectivity index (χ4v) is 4.11. The zero-order valence-electron chi connectivity index (χ0n) is 17.8. The zero-order chi connectivity index (χ0) is 22.7. The summed E-state index contributed by atoms with van der Waals surface area (Å²) in [5.41, 5.74) is 0.109. The van der Waals surface area contributed by atoms with E-state index in [1.54, 1.807) is 0 Å². The van der Waals surface area contributed by atoms with Gasteiger partial charge in [-0.05, 0) is 37.3 Å². The van der Waals surface area contributed by atoms with Crippen LogP contribution in [0.3, 0.4) is 0 Å². The molecule has 1 aliphatic heterocycles. The topological polar surface area (TPSA) is 74.5 Å². The second-order valence-corrected chi connectivity index (χ2v) is 8.12. The van der Waals surface area contributed by atoms with Crippen LogP contribution in [-0.4, -0.2) is 63.3 Å². The summed E-state index contributed by atoms with van der Waals surface area (Å²) in [7, 11) is 0. The lowest BCUT2D eigenvalue weighted by molar-refractivity contribution is -0.0227. The Labute approximate surface area is 184 Å². The minimum Gasteiger partial charge on any atom is -0.382 e. The molecule has 7 nitrogen and oxygen atoms in total. The number of aliphatic hydroxyl groups is 1. The first-order valence-corrected chi connectivity index (χ1v) is 10.4. The van der Waals surface area contributed by atoms with Gasteiger partial charge >= 0.3 is 0 Å². The van der Waals surface area contributed by atoms with Crippen molar-refractivity contribution in [3.8, 4) is 0 Å². The molecule has 1 fully saturated rings. The van der Waals surface area contributed by atoms with Crippen LogP contribution in [0.25, 0.3) is 0 Å². The van der Waals surface area contributed by atoms with Crippen LogP contribution in [0.4, 0.5) is 14.5 Å². The first-order valence-electron chi connectivity index (χ1n) is 10.4. The Hall–Kier alpha value is -3.17. The van der Waals surface area contributed by atoms with Crippen molar-refractivity contribution in [2.45, 2.75) is 19.1 Å². The van der Waals surface area contributed by atoms with Crippen LogP contribution in [0.5, 0.6) is 0 Å². The Morgan fingerprint density at radius 3 is 2.38 bits per heavy atom. The molecule has 2 heterocycles. The van der Waals surface area contributed by atoms with Gasteiger partial charge in [-0.2, -0.15) is 5.10 Å². The Bertz CT molecular complexity index is 1070. The maximum Gasteiger partial charge on any atom is 0.159 e. The minimum atomic E-state index is -1.61. The van der Waals surface area contributed by atoms with Crippen LogP contribution in [0.15, 0.2) is 55.1 Å². The standard InChI is InChI=1S/C23H25F2N5O2/c1-17(31)18-2-5-20(6-3-18)29-10-8-28(9-11-29)13-23(32,14-30-16-26-15-27-30)21-7-4-19(24)12-22(21)25/h2-7,12,15-16,32H,8-11,13-14H2,1H3. The molecule has 1 atom stereocenters. The average Bonchev–Trinajstić information content (AvgIpc) is 3.27. The summed E-state index contributed by atoms with van der Waals surface area (Å²) in [4.78, 5) is 19.6. The smallest absolute Gasteiger partial charge is 0.159 e. The van der Waals surface area contributed by atoms with Gasteiger partial charge < -0.3 is 10.0 Å². The normalized spacial score (nSPS) is 16.7. The van der Waals surface area contributed by atoms with Crippen LogP contribution >= 0.6 is 0 Å².